The van der Waals surface area contributed by atoms with Crippen LogP contribution in [0.1, 0.15) is 40.4 Å². The second-order valence-electron chi connectivity index (χ2n) is 7.06. The first-order chi connectivity index (χ1) is 13.0. The molecule has 1 aliphatic carbocycles. The number of benzene rings is 3. The van der Waals surface area contributed by atoms with Crippen molar-refractivity contribution in [3.05, 3.63) is 71.3 Å². The highest BCUT2D eigenvalue weighted by atomic mass is 32.2. The van der Waals surface area contributed by atoms with Crippen LogP contribution in [0.4, 0.5) is 5.69 Å². The number of hydrogen-bond acceptors (Lipinski definition) is 3. The van der Waals surface area contributed by atoms with Gasteiger partial charge in [-0.2, -0.15) is 0 Å². The fourth-order valence-electron chi connectivity index (χ4n) is 4.22. The number of anilines is 1. The second-order valence-corrected chi connectivity index (χ2v) is 8.74. The van der Waals surface area contributed by atoms with Crippen LogP contribution >= 0.6 is 0 Å². The van der Waals surface area contributed by atoms with Gasteiger partial charge in [-0.05, 0) is 48.6 Å². The van der Waals surface area contributed by atoms with E-state index in [1.54, 1.807) is 30.3 Å². The smallest absolute Gasteiger partial charge is 0.256 e. The summed E-state index contributed by atoms with van der Waals surface area (Å²) in [5.41, 5.74) is 3.43. The van der Waals surface area contributed by atoms with E-state index in [2.05, 4.69) is 16.1 Å². The Hall–Kier alpha value is -2.70. The number of aryl methyl sites for hydroxylation is 1. The lowest BCUT2D eigenvalue weighted by atomic mass is 9.88. The molecule has 1 amide bonds. The molecule has 0 saturated heterocycles. The minimum Gasteiger partial charge on any atom is -0.321 e. The first-order valence-corrected chi connectivity index (χ1v) is 10.5. The van der Waals surface area contributed by atoms with Gasteiger partial charge >= 0.3 is 0 Å². The molecule has 5 nitrogen and oxygen atoms in total. The molecule has 1 atom stereocenters. The molecule has 3 aromatic rings. The molecule has 2 aliphatic rings. The Labute approximate surface area is 157 Å². The quantitative estimate of drug-likeness (QED) is 0.729. The first kappa shape index (κ1) is 16.5. The van der Waals surface area contributed by atoms with E-state index < -0.39 is 10.0 Å². The van der Waals surface area contributed by atoms with Crippen molar-refractivity contribution in [2.45, 2.75) is 30.2 Å². The van der Waals surface area contributed by atoms with Gasteiger partial charge in [0, 0.05) is 28.1 Å². The second kappa shape index (κ2) is 5.90. The number of carbonyl (C=O) groups is 1. The average Bonchev–Trinajstić information content (AvgIpc) is 2.99. The zero-order valence-corrected chi connectivity index (χ0v) is 15.3. The highest BCUT2D eigenvalue weighted by molar-refractivity contribution is 7.89. The van der Waals surface area contributed by atoms with Gasteiger partial charge < -0.3 is 5.32 Å². The fraction of sp³-hybridized carbons (Fsp3) is 0.190. The molecule has 5 rings (SSSR count). The maximum Gasteiger partial charge on any atom is 0.256 e. The van der Waals surface area contributed by atoms with E-state index in [1.165, 1.54) is 5.56 Å². The Bertz CT molecular complexity index is 1200. The molecule has 2 N–H and O–H groups in total. The van der Waals surface area contributed by atoms with Crippen LogP contribution in [0.2, 0.25) is 0 Å². The molecule has 1 unspecified atom stereocenters. The minimum absolute atomic E-state index is 0.195. The summed E-state index contributed by atoms with van der Waals surface area (Å²) in [6, 6.07) is 16.2. The Kier molecular flexibility index (Phi) is 3.60. The molecule has 0 bridgehead atoms. The van der Waals surface area contributed by atoms with Crippen LogP contribution in [0.15, 0.2) is 59.5 Å². The number of fused-ring (bicyclic) bond motifs is 1. The summed E-state index contributed by atoms with van der Waals surface area (Å²) in [6.45, 7) is 0. The van der Waals surface area contributed by atoms with Crippen LogP contribution in [0, 0.1) is 0 Å². The van der Waals surface area contributed by atoms with Crippen molar-refractivity contribution in [1.29, 1.82) is 0 Å². The summed E-state index contributed by atoms with van der Waals surface area (Å²) < 4.78 is 29.4. The zero-order chi connectivity index (χ0) is 18.6. The molecule has 6 heteroatoms. The Balaban J connectivity index is 1.60. The normalized spacial score (nSPS) is 18.4. The number of carbonyl (C=O) groups excluding carboxylic acids is 1. The first-order valence-electron chi connectivity index (χ1n) is 9.02. The summed E-state index contributed by atoms with van der Waals surface area (Å²) in [5.74, 6) is -0.195. The van der Waals surface area contributed by atoms with Gasteiger partial charge in [-0.25, -0.2) is 13.1 Å². The molecular formula is C21H18N2O3S. The van der Waals surface area contributed by atoms with E-state index in [9.17, 15) is 13.2 Å². The van der Waals surface area contributed by atoms with Crippen LogP contribution in [-0.2, 0) is 16.4 Å². The van der Waals surface area contributed by atoms with E-state index in [-0.39, 0.29) is 16.8 Å². The summed E-state index contributed by atoms with van der Waals surface area (Å²) in [6.07, 6.45) is 2.70. The third-order valence-corrected chi connectivity index (χ3v) is 6.98. The molecule has 0 fully saturated rings. The van der Waals surface area contributed by atoms with Crippen LogP contribution < -0.4 is 10.0 Å². The largest absolute Gasteiger partial charge is 0.321 e. The Morgan fingerprint density at radius 3 is 2.74 bits per heavy atom. The van der Waals surface area contributed by atoms with Crippen molar-refractivity contribution in [3.8, 4) is 0 Å². The highest BCUT2D eigenvalue weighted by Gasteiger charge is 2.29. The maximum absolute atomic E-state index is 13.2. The van der Waals surface area contributed by atoms with Crippen molar-refractivity contribution < 1.29 is 13.2 Å². The van der Waals surface area contributed by atoms with Crippen molar-refractivity contribution >= 4 is 32.4 Å². The lowest BCUT2D eigenvalue weighted by molar-refractivity contribution is 0.103. The average molecular weight is 378 g/mol. The monoisotopic (exact) mass is 378 g/mol. The molecule has 136 valence electrons. The molecule has 27 heavy (non-hydrogen) atoms. The van der Waals surface area contributed by atoms with E-state index in [1.807, 2.05) is 18.2 Å². The highest BCUT2D eigenvalue weighted by Crippen LogP contribution is 2.37. The van der Waals surface area contributed by atoms with E-state index in [0.29, 0.717) is 22.0 Å². The van der Waals surface area contributed by atoms with Crippen molar-refractivity contribution in [1.82, 2.24) is 4.72 Å². The third kappa shape index (κ3) is 2.56. The topological polar surface area (TPSA) is 75.3 Å². The number of rotatable bonds is 3. The van der Waals surface area contributed by atoms with Crippen molar-refractivity contribution in [2.24, 2.45) is 0 Å². The van der Waals surface area contributed by atoms with Crippen molar-refractivity contribution in [3.63, 3.8) is 0 Å². The molecule has 0 radical (unpaired) electrons. The molecule has 3 aromatic carbocycles. The molecular weight excluding hydrogens is 360 g/mol. The summed E-state index contributed by atoms with van der Waals surface area (Å²) in [7, 11) is -3.74. The van der Waals surface area contributed by atoms with Gasteiger partial charge in [0.2, 0.25) is 10.0 Å². The van der Waals surface area contributed by atoms with Gasteiger partial charge in [0.05, 0.1) is 4.90 Å². The molecule has 0 saturated carbocycles. The number of nitrogens with one attached hydrogen (secondary N) is 2. The number of amides is 1. The van der Waals surface area contributed by atoms with E-state index in [4.69, 9.17) is 0 Å². The molecule has 0 aromatic heterocycles. The lowest BCUT2D eigenvalue weighted by Gasteiger charge is -2.26. The van der Waals surface area contributed by atoms with Crippen LogP contribution in [0.5, 0.6) is 0 Å². The van der Waals surface area contributed by atoms with Gasteiger partial charge in [0.1, 0.15) is 0 Å². The van der Waals surface area contributed by atoms with E-state index in [0.717, 1.165) is 24.8 Å². The van der Waals surface area contributed by atoms with Gasteiger partial charge in [-0.1, -0.05) is 36.4 Å². The SMILES string of the molecule is O=C1Nc2ccc(S(=O)(=O)NC3CCCc4ccccc43)c3cccc1c23. The Morgan fingerprint density at radius 1 is 1.00 bits per heavy atom. The number of hydrogen-bond donors (Lipinski definition) is 2. The van der Waals surface area contributed by atoms with Gasteiger partial charge in [0.15, 0.2) is 0 Å². The molecule has 0 spiro atoms. The van der Waals surface area contributed by atoms with Gasteiger partial charge in [0.25, 0.3) is 5.91 Å². The third-order valence-electron chi connectivity index (χ3n) is 5.45. The van der Waals surface area contributed by atoms with Crippen LogP contribution in [0.25, 0.3) is 10.8 Å². The fourth-order valence-corrected chi connectivity index (χ4v) is 5.68. The summed E-state index contributed by atoms with van der Waals surface area (Å²) in [5, 5.41) is 4.03. The standard InChI is InChI=1S/C21H18N2O3S/c24-21-16-9-4-8-15-19(12-11-18(22-21)20(15)16)27(25,26)23-17-10-3-6-13-5-1-2-7-14(13)17/h1-2,4-5,7-9,11-12,17,23H,3,6,10H2,(H,22,24). The predicted octanol–water partition coefficient (Wildman–Crippen LogP) is 3.76. The number of sulfonamides is 1. The molecule has 1 heterocycles. The Morgan fingerprint density at radius 2 is 1.85 bits per heavy atom. The summed E-state index contributed by atoms with van der Waals surface area (Å²) in [4.78, 5) is 12.3. The van der Waals surface area contributed by atoms with Crippen molar-refractivity contribution in [2.75, 3.05) is 5.32 Å². The van der Waals surface area contributed by atoms with Gasteiger partial charge in [-0.3, -0.25) is 4.79 Å². The van der Waals surface area contributed by atoms with Crippen LogP contribution in [-0.4, -0.2) is 14.3 Å². The van der Waals surface area contributed by atoms with Crippen LogP contribution in [0.3, 0.4) is 0 Å². The maximum atomic E-state index is 13.2. The van der Waals surface area contributed by atoms with Gasteiger partial charge in [-0.15, -0.1) is 0 Å². The minimum atomic E-state index is -3.74. The van der Waals surface area contributed by atoms with E-state index >= 15 is 0 Å². The lowest BCUT2D eigenvalue weighted by Crippen LogP contribution is -2.31. The summed E-state index contributed by atoms with van der Waals surface area (Å²) >= 11 is 0. The predicted molar refractivity (Wildman–Crippen MR) is 104 cm³/mol. The zero-order valence-electron chi connectivity index (χ0n) is 14.5. The molecule has 1 aliphatic heterocycles.